The lowest BCUT2D eigenvalue weighted by Gasteiger charge is -2.18. The van der Waals surface area contributed by atoms with Crippen molar-refractivity contribution >= 4 is 16.4 Å². The van der Waals surface area contributed by atoms with Crippen molar-refractivity contribution in [2.45, 2.75) is 6.54 Å². The van der Waals surface area contributed by atoms with E-state index >= 15 is 0 Å². The molecule has 0 saturated heterocycles. The second-order valence-corrected chi connectivity index (χ2v) is 4.68. The molecule has 1 heterocycles. The first-order valence-corrected chi connectivity index (χ1v) is 5.86. The van der Waals surface area contributed by atoms with Crippen LogP contribution in [-0.2, 0) is 16.8 Å². The maximum atomic E-state index is 11.5. The lowest BCUT2D eigenvalue weighted by atomic mass is 10.2. The molecular formula is C10H10N2O2S. The topological polar surface area (TPSA) is 49.7 Å². The second-order valence-electron chi connectivity index (χ2n) is 3.10. The summed E-state index contributed by atoms with van der Waals surface area (Å²) in [5.41, 5.74) is 0.933. The van der Waals surface area contributed by atoms with Gasteiger partial charge in [-0.15, -0.1) is 0 Å². The van der Waals surface area contributed by atoms with Gasteiger partial charge >= 0.3 is 10.2 Å². The molecule has 1 aliphatic heterocycles. The molecule has 1 aromatic carbocycles. The molecule has 0 fully saturated rings. The normalized spacial score (nSPS) is 18.0. The van der Waals surface area contributed by atoms with Gasteiger partial charge in [-0.1, -0.05) is 30.3 Å². The Morgan fingerprint density at radius 2 is 1.93 bits per heavy atom. The Morgan fingerprint density at radius 1 is 1.20 bits per heavy atom. The first kappa shape index (κ1) is 9.92. The van der Waals surface area contributed by atoms with Crippen LogP contribution in [0.1, 0.15) is 5.56 Å². The summed E-state index contributed by atoms with van der Waals surface area (Å²) >= 11 is 0. The van der Waals surface area contributed by atoms with Gasteiger partial charge < -0.3 is 0 Å². The van der Waals surface area contributed by atoms with Crippen molar-refractivity contribution in [1.29, 1.82) is 0 Å². The predicted molar refractivity (Wildman–Crippen MR) is 58.5 cm³/mol. The molecule has 0 unspecified atom stereocenters. The molecule has 15 heavy (non-hydrogen) atoms. The van der Waals surface area contributed by atoms with Crippen LogP contribution in [0.4, 0.5) is 0 Å². The van der Waals surface area contributed by atoms with Crippen molar-refractivity contribution in [2.75, 3.05) is 0 Å². The van der Waals surface area contributed by atoms with Gasteiger partial charge in [-0.2, -0.15) is 12.8 Å². The zero-order chi connectivity index (χ0) is 10.7. The van der Waals surface area contributed by atoms with Gasteiger partial charge in [0.1, 0.15) is 0 Å². The fourth-order valence-electron chi connectivity index (χ4n) is 1.28. The highest BCUT2D eigenvalue weighted by molar-refractivity contribution is 7.88. The number of hydrogen-bond donors (Lipinski definition) is 0. The zero-order valence-electron chi connectivity index (χ0n) is 7.95. The van der Waals surface area contributed by atoms with Gasteiger partial charge in [-0.3, -0.25) is 4.31 Å². The van der Waals surface area contributed by atoms with E-state index < -0.39 is 10.2 Å². The summed E-state index contributed by atoms with van der Waals surface area (Å²) in [6, 6.07) is 9.39. The van der Waals surface area contributed by atoms with Gasteiger partial charge in [0.15, 0.2) is 0 Å². The lowest BCUT2D eigenvalue weighted by molar-refractivity contribution is 0.496. The van der Waals surface area contributed by atoms with Crippen molar-refractivity contribution < 1.29 is 8.42 Å². The summed E-state index contributed by atoms with van der Waals surface area (Å²) in [6.07, 6.45) is 4.39. The van der Waals surface area contributed by atoms with Crippen molar-refractivity contribution in [1.82, 2.24) is 4.31 Å². The molecule has 0 amide bonds. The van der Waals surface area contributed by atoms with Crippen LogP contribution in [-0.4, -0.2) is 18.9 Å². The monoisotopic (exact) mass is 222 g/mol. The molecule has 0 bridgehead atoms. The maximum Gasteiger partial charge on any atom is 0.344 e. The van der Waals surface area contributed by atoms with Gasteiger partial charge in [-0.05, 0) is 11.6 Å². The predicted octanol–water partition coefficient (Wildman–Crippen LogP) is 1.33. The summed E-state index contributed by atoms with van der Waals surface area (Å²) in [7, 11) is -3.51. The van der Waals surface area contributed by atoms with Gasteiger partial charge in [0.05, 0.1) is 6.54 Å². The number of benzene rings is 1. The molecule has 0 N–H and O–H groups in total. The van der Waals surface area contributed by atoms with Crippen molar-refractivity contribution in [3.05, 3.63) is 48.2 Å². The summed E-state index contributed by atoms with van der Waals surface area (Å²) in [5.74, 6) is 0. The van der Waals surface area contributed by atoms with E-state index in [9.17, 15) is 8.42 Å². The molecule has 1 aliphatic rings. The molecule has 0 aliphatic carbocycles. The molecule has 4 nitrogen and oxygen atoms in total. The number of nitrogens with zero attached hydrogens (tertiary/aromatic N) is 2. The summed E-state index contributed by atoms with van der Waals surface area (Å²) in [5, 5.41) is 0. The molecular weight excluding hydrogens is 212 g/mol. The third-order valence-electron chi connectivity index (χ3n) is 2.01. The third-order valence-corrected chi connectivity index (χ3v) is 3.24. The largest absolute Gasteiger partial charge is 0.344 e. The van der Waals surface area contributed by atoms with Crippen molar-refractivity contribution in [3.63, 3.8) is 0 Å². The van der Waals surface area contributed by atoms with Crippen LogP contribution in [0.25, 0.3) is 0 Å². The SMILES string of the molecule is O=S1(=O)N=CC=CN1Cc1ccccc1. The third kappa shape index (κ3) is 2.24. The average molecular weight is 222 g/mol. The summed E-state index contributed by atoms with van der Waals surface area (Å²) in [4.78, 5) is 0. The van der Waals surface area contributed by atoms with Crippen LogP contribution < -0.4 is 0 Å². The van der Waals surface area contributed by atoms with Crippen LogP contribution in [0.2, 0.25) is 0 Å². The molecule has 0 radical (unpaired) electrons. The Morgan fingerprint density at radius 3 is 2.60 bits per heavy atom. The summed E-state index contributed by atoms with van der Waals surface area (Å²) in [6.45, 7) is 0.316. The summed E-state index contributed by atoms with van der Waals surface area (Å²) < 4.78 is 27.6. The van der Waals surface area contributed by atoms with Crippen LogP contribution in [0.15, 0.2) is 47.0 Å². The molecule has 78 valence electrons. The molecule has 0 saturated carbocycles. The fraction of sp³-hybridized carbons (Fsp3) is 0.100. The highest BCUT2D eigenvalue weighted by Gasteiger charge is 2.18. The zero-order valence-corrected chi connectivity index (χ0v) is 8.76. The van der Waals surface area contributed by atoms with Crippen molar-refractivity contribution in [2.24, 2.45) is 4.40 Å². The van der Waals surface area contributed by atoms with Gasteiger partial charge in [0, 0.05) is 12.4 Å². The Labute approximate surface area is 88.7 Å². The second kappa shape index (κ2) is 3.86. The van der Waals surface area contributed by atoms with Crippen LogP contribution in [0, 0.1) is 0 Å². The Bertz CT molecular complexity index is 491. The molecule has 0 atom stereocenters. The highest BCUT2D eigenvalue weighted by Crippen LogP contribution is 2.12. The smallest absolute Gasteiger partial charge is 0.254 e. The minimum atomic E-state index is -3.51. The van der Waals surface area contributed by atoms with E-state index in [0.29, 0.717) is 6.54 Å². The van der Waals surface area contributed by atoms with E-state index in [-0.39, 0.29) is 0 Å². The van der Waals surface area contributed by atoms with Gasteiger partial charge in [0.25, 0.3) is 0 Å². The number of rotatable bonds is 2. The van der Waals surface area contributed by atoms with Crippen molar-refractivity contribution in [3.8, 4) is 0 Å². The first-order valence-electron chi connectivity index (χ1n) is 4.46. The van der Waals surface area contributed by atoms with E-state index in [2.05, 4.69) is 4.40 Å². The Hall–Kier alpha value is -1.62. The van der Waals surface area contributed by atoms with Gasteiger partial charge in [0.2, 0.25) is 0 Å². The number of allylic oxidation sites excluding steroid dienone is 1. The van der Waals surface area contributed by atoms with E-state index in [1.54, 1.807) is 6.08 Å². The lowest BCUT2D eigenvalue weighted by Crippen LogP contribution is -2.25. The first-order chi connectivity index (χ1) is 7.18. The van der Waals surface area contributed by atoms with E-state index in [1.165, 1.54) is 16.7 Å². The highest BCUT2D eigenvalue weighted by atomic mass is 32.2. The average Bonchev–Trinajstić information content (AvgIpc) is 2.23. The van der Waals surface area contributed by atoms with Crippen LogP contribution >= 0.6 is 0 Å². The number of hydrogen-bond acceptors (Lipinski definition) is 2. The fourth-order valence-corrected chi connectivity index (χ4v) is 2.16. The Balaban J connectivity index is 2.20. The van der Waals surface area contributed by atoms with Gasteiger partial charge in [-0.25, -0.2) is 0 Å². The van der Waals surface area contributed by atoms with E-state index in [1.807, 2.05) is 30.3 Å². The molecule has 0 spiro atoms. The standard InChI is InChI=1S/C10H10N2O2S/c13-15(14)11-7-4-8-12(15)9-10-5-2-1-3-6-10/h1-8H,9H2. The Kier molecular flexibility index (Phi) is 2.55. The minimum Gasteiger partial charge on any atom is -0.254 e. The molecule has 5 heteroatoms. The van der Waals surface area contributed by atoms with Crippen LogP contribution in [0.5, 0.6) is 0 Å². The van der Waals surface area contributed by atoms with E-state index in [4.69, 9.17) is 0 Å². The molecule has 0 aromatic heterocycles. The van der Waals surface area contributed by atoms with Crippen LogP contribution in [0.3, 0.4) is 0 Å². The minimum absolute atomic E-state index is 0.316. The van der Waals surface area contributed by atoms with E-state index in [0.717, 1.165) is 5.56 Å². The molecule has 1 aromatic rings. The maximum absolute atomic E-state index is 11.5. The quantitative estimate of drug-likeness (QED) is 0.758. The molecule has 2 rings (SSSR count).